The number of quaternary nitrogens is 1. The zero-order valence-electron chi connectivity index (χ0n) is 14.2. The van der Waals surface area contributed by atoms with Crippen molar-refractivity contribution in [3.8, 4) is 23.0 Å². The Morgan fingerprint density at radius 1 is 0.958 bits per heavy atom. The van der Waals surface area contributed by atoms with Crippen molar-refractivity contribution in [2.75, 3.05) is 27.8 Å². The van der Waals surface area contributed by atoms with E-state index in [0.717, 1.165) is 35.0 Å². The average molecular weight is 328 g/mol. The first kappa shape index (κ1) is 15.1. The Kier molecular flexibility index (Phi) is 3.18. The van der Waals surface area contributed by atoms with E-state index in [4.69, 9.17) is 9.47 Å². The topological polar surface area (TPSA) is 58.9 Å². The molecule has 24 heavy (non-hydrogen) atoms. The molecule has 0 spiro atoms. The summed E-state index contributed by atoms with van der Waals surface area (Å²) in [5.41, 5.74) is 4.73. The Labute approximate surface area is 141 Å². The number of benzene rings is 2. The van der Waals surface area contributed by atoms with Crippen LogP contribution in [0, 0.1) is 0 Å². The molecule has 126 valence electrons. The van der Waals surface area contributed by atoms with Gasteiger partial charge in [-0.15, -0.1) is 0 Å². The zero-order valence-corrected chi connectivity index (χ0v) is 14.2. The first-order valence-corrected chi connectivity index (χ1v) is 8.13. The van der Waals surface area contributed by atoms with Crippen LogP contribution in [0.1, 0.15) is 22.7 Å². The number of aromatic hydroxyl groups is 2. The lowest BCUT2D eigenvalue weighted by Gasteiger charge is -2.41. The number of hydrogen-bond donors (Lipinski definition) is 2. The second kappa shape index (κ2) is 5.05. The van der Waals surface area contributed by atoms with Crippen LogP contribution in [-0.4, -0.2) is 38.0 Å². The van der Waals surface area contributed by atoms with Gasteiger partial charge in [0.05, 0.1) is 27.8 Å². The van der Waals surface area contributed by atoms with E-state index < -0.39 is 0 Å². The molecule has 2 N–H and O–H groups in total. The molecule has 2 aromatic carbocycles. The molecule has 2 atom stereocenters. The highest BCUT2D eigenvalue weighted by molar-refractivity contribution is 5.65. The van der Waals surface area contributed by atoms with Gasteiger partial charge in [0.1, 0.15) is 11.7 Å². The van der Waals surface area contributed by atoms with E-state index in [0.29, 0.717) is 11.5 Å². The van der Waals surface area contributed by atoms with Gasteiger partial charge in [-0.05, 0) is 23.8 Å². The number of methoxy groups -OCH3 is 2. The smallest absolute Gasteiger partial charge is 0.166 e. The maximum Gasteiger partial charge on any atom is 0.166 e. The predicted octanol–water partition coefficient (Wildman–Crippen LogP) is 2.91. The summed E-state index contributed by atoms with van der Waals surface area (Å²) in [4.78, 5) is 0. The summed E-state index contributed by atoms with van der Waals surface area (Å²) in [5, 5.41) is 20.3. The fourth-order valence-electron chi connectivity index (χ4n) is 4.34. The standard InChI is InChI=1S/C19H21NO4/c1-20-5-4-11-8-18(23-2)17(22)9-13(11)15(20)6-12-7-16(21)19(24-3)10-14(12)20/h7-10,15H,4-6H2,1-3H3,(H-,21,22)/p+1/t15?,20-/m1/s1. The van der Waals surface area contributed by atoms with Gasteiger partial charge in [0.2, 0.25) is 0 Å². The third-order valence-electron chi connectivity index (χ3n) is 5.68. The number of hydrogen-bond acceptors (Lipinski definition) is 4. The highest BCUT2D eigenvalue weighted by Gasteiger charge is 2.48. The normalized spacial score (nSPS) is 24.0. The van der Waals surface area contributed by atoms with Crippen molar-refractivity contribution in [2.45, 2.75) is 18.9 Å². The molecule has 0 bridgehead atoms. The first-order valence-electron chi connectivity index (χ1n) is 8.13. The molecule has 1 unspecified atom stereocenters. The number of nitrogens with zero attached hydrogens (tertiary/aromatic N) is 1. The molecule has 2 aliphatic heterocycles. The molecule has 0 fully saturated rings. The molecule has 0 saturated heterocycles. The van der Waals surface area contributed by atoms with E-state index in [2.05, 4.69) is 7.05 Å². The lowest BCUT2D eigenvalue weighted by atomic mass is 9.90. The Morgan fingerprint density at radius 3 is 2.33 bits per heavy atom. The van der Waals surface area contributed by atoms with Crippen molar-refractivity contribution in [3.63, 3.8) is 0 Å². The summed E-state index contributed by atoms with van der Waals surface area (Å²) in [6, 6.07) is 7.80. The lowest BCUT2D eigenvalue weighted by molar-refractivity contribution is 0.251. The van der Waals surface area contributed by atoms with Crippen LogP contribution in [0.5, 0.6) is 23.0 Å². The quantitative estimate of drug-likeness (QED) is 0.832. The molecule has 0 aliphatic carbocycles. The van der Waals surface area contributed by atoms with Crippen LogP contribution in [-0.2, 0) is 12.8 Å². The molecule has 0 aromatic heterocycles. The van der Waals surface area contributed by atoms with Gasteiger partial charge in [-0.1, -0.05) is 0 Å². The van der Waals surface area contributed by atoms with E-state index in [1.807, 2.05) is 24.3 Å². The Balaban J connectivity index is 1.85. The van der Waals surface area contributed by atoms with Crippen LogP contribution in [0.2, 0.25) is 0 Å². The monoisotopic (exact) mass is 328 g/mol. The summed E-state index contributed by atoms with van der Waals surface area (Å²) in [6.45, 7) is 0.965. The van der Waals surface area contributed by atoms with Crippen LogP contribution in [0.15, 0.2) is 24.3 Å². The minimum Gasteiger partial charge on any atom is -0.504 e. The number of rotatable bonds is 2. The van der Waals surface area contributed by atoms with E-state index >= 15 is 0 Å². The van der Waals surface area contributed by atoms with Crippen molar-refractivity contribution in [1.29, 1.82) is 0 Å². The highest BCUT2D eigenvalue weighted by atomic mass is 16.5. The molecule has 5 heteroatoms. The predicted molar refractivity (Wildman–Crippen MR) is 92.1 cm³/mol. The molecule has 5 nitrogen and oxygen atoms in total. The molecule has 2 aromatic rings. The van der Waals surface area contributed by atoms with Gasteiger partial charge >= 0.3 is 0 Å². The molecule has 0 radical (unpaired) electrons. The van der Waals surface area contributed by atoms with Crippen LogP contribution in [0.4, 0.5) is 5.69 Å². The van der Waals surface area contributed by atoms with E-state index in [1.54, 1.807) is 14.2 Å². The summed E-state index contributed by atoms with van der Waals surface area (Å²) in [7, 11) is 5.37. The van der Waals surface area contributed by atoms with Gasteiger partial charge in [0.15, 0.2) is 23.0 Å². The van der Waals surface area contributed by atoms with Crippen molar-refractivity contribution < 1.29 is 19.7 Å². The van der Waals surface area contributed by atoms with Gasteiger partial charge in [-0.2, -0.15) is 0 Å². The number of phenols is 2. The van der Waals surface area contributed by atoms with E-state index in [9.17, 15) is 10.2 Å². The molecular weight excluding hydrogens is 306 g/mol. The zero-order chi connectivity index (χ0) is 17.1. The van der Waals surface area contributed by atoms with Crippen molar-refractivity contribution in [3.05, 3.63) is 41.0 Å². The fraction of sp³-hybridized carbons (Fsp3) is 0.368. The minimum absolute atomic E-state index is 0.181. The average Bonchev–Trinajstić information content (AvgIpc) is 2.85. The van der Waals surface area contributed by atoms with Crippen molar-refractivity contribution in [2.24, 2.45) is 0 Å². The number of ether oxygens (including phenoxy) is 2. The van der Waals surface area contributed by atoms with Gasteiger partial charge < -0.3 is 19.7 Å². The van der Waals surface area contributed by atoms with Gasteiger partial charge in [-0.3, -0.25) is 4.48 Å². The Bertz CT molecular complexity index is 833. The maximum absolute atomic E-state index is 10.2. The van der Waals surface area contributed by atoms with Gasteiger partial charge in [0.25, 0.3) is 0 Å². The van der Waals surface area contributed by atoms with Crippen molar-refractivity contribution in [1.82, 2.24) is 4.48 Å². The second-order valence-corrected chi connectivity index (χ2v) is 6.84. The maximum atomic E-state index is 10.2. The molecule has 4 rings (SSSR count). The number of phenolic OH excluding ortho intramolecular Hbond substituents is 2. The van der Waals surface area contributed by atoms with Crippen LogP contribution >= 0.6 is 0 Å². The third-order valence-corrected chi connectivity index (χ3v) is 5.68. The first-order chi connectivity index (χ1) is 11.5. The number of likely N-dealkylation sites (N-methyl/N-ethyl adjacent to an activating group) is 1. The van der Waals surface area contributed by atoms with E-state index in [-0.39, 0.29) is 17.5 Å². The van der Waals surface area contributed by atoms with Gasteiger partial charge in [0, 0.05) is 30.0 Å². The SMILES string of the molecule is COc1cc2c(cc1O)C1Cc3cc(O)c(OC)cc3[N@@+]1(C)CC2. The fourth-order valence-corrected chi connectivity index (χ4v) is 4.34. The Hall–Kier alpha value is -2.40. The van der Waals surface area contributed by atoms with Crippen molar-refractivity contribution >= 4 is 5.69 Å². The summed E-state index contributed by atoms with van der Waals surface area (Å²) in [5.74, 6) is 1.40. The summed E-state index contributed by atoms with van der Waals surface area (Å²) in [6.07, 6.45) is 1.75. The molecular formula is C19H22NO4+. The van der Waals surface area contributed by atoms with E-state index in [1.165, 1.54) is 11.3 Å². The largest absolute Gasteiger partial charge is 0.504 e. The second-order valence-electron chi connectivity index (χ2n) is 6.84. The van der Waals surface area contributed by atoms with Crippen LogP contribution in [0.3, 0.4) is 0 Å². The summed E-state index contributed by atoms with van der Waals surface area (Å²) < 4.78 is 11.3. The lowest BCUT2D eigenvalue weighted by Crippen LogP contribution is -2.50. The van der Waals surface area contributed by atoms with Crippen LogP contribution < -0.4 is 14.0 Å². The molecule has 2 heterocycles. The highest BCUT2D eigenvalue weighted by Crippen LogP contribution is 2.52. The van der Waals surface area contributed by atoms with Crippen LogP contribution in [0.25, 0.3) is 0 Å². The van der Waals surface area contributed by atoms with Gasteiger partial charge in [-0.25, -0.2) is 0 Å². The Morgan fingerprint density at radius 2 is 1.62 bits per heavy atom. The molecule has 0 saturated carbocycles. The summed E-state index contributed by atoms with van der Waals surface area (Å²) >= 11 is 0. The minimum atomic E-state index is 0.181. The third kappa shape index (κ3) is 1.91. The number of fused-ring (bicyclic) bond motifs is 5. The molecule has 2 aliphatic rings. The molecule has 0 amide bonds.